The number of hydrogen-bond acceptors (Lipinski definition) is 5. The number of hydrogen-bond donors (Lipinski definition) is 1. The van der Waals surface area contributed by atoms with Crippen molar-refractivity contribution in [3.63, 3.8) is 0 Å². The molecule has 1 aliphatic heterocycles. The van der Waals surface area contributed by atoms with Crippen LogP contribution < -0.4 is 10.2 Å². The fourth-order valence-electron chi connectivity index (χ4n) is 3.98. The first kappa shape index (κ1) is 24.3. The van der Waals surface area contributed by atoms with Crippen molar-refractivity contribution in [1.29, 1.82) is 0 Å². The predicted molar refractivity (Wildman–Crippen MR) is 132 cm³/mol. The summed E-state index contributed by atoms with van der Waals surface area (Å²) in [5.74, 6) is -1.36. The minimum Gasteiger partial charge on any atom is -0.326 e. The molecule has 0 bridgehead atoms. The average molecular weight is 492 g/mol. The van der Waals surface area contributed by atoms with E-state index in [0.717, 1.165) is 14.8 Å². The van der Waals surface area contributed by atoms with Crippen LogP contribution in [-0.2, 0) is 31.0 Å². The Bertz CT molecular complexity index is 1350. The Hall–Kier alpha value is -3.82. The lowest BCUT2D eigenvalue weighted by molar-refractivity contribution is -0.122. The Morgan fingerprint density at radius 2 is 1.60 bits per heavy atom. The molecule has 0 spiro atoms. The van der Waals surface area contributed by atoms with Gasteiger partial charge in [0.25, 0.3) is 5.91 Å². The number of benzene rings is 3. The second-order valence-electron chi connectivity index (χ2n) is 8.36. The van der Waals surface area contributed by atoms with E-state index < -0.39 is 27.9 Å². The van der Waals surface area contributed by atoms with E-state index in [1.165, 1.54) is 19.1 Å². The normalized spacial score (nSPS) is 16.1. The summed E-state index contributed by atoms with van der Waals surface area (Å²) in [7, 11) is -4.10. The van der Waals surface area contributed by atoms with Crippen LogP contribution in [0.5, 0.6) is 0 Å². The van der Waals surface area contributed by atoms with Crippen LogP contribution >= 0.6 is 0 Å². The van der Waals surface area contributed by atoms with Crippen molar-refractivity contribution < 1.29 is 22.8 Å². The molecule has 35 heavy (non-hydrogen) atoms. The van der Waals surface area contributed by atoms with E-state index in [-0.39, 0.29) is 23.8 Å². The second-order valence-corrected chi connectivity index (χ2v) is 10.3. The van der Waals surface area contributed by atoms with Gasteiger partial charge < -0.3 is 5.32 Å². The van der Waals surface area contributed by atoms with Gasteiger partial charge in [-0.3, -0.25) is 14.4 Å². The van der Waals surface area contributed by atoms with Crippen LogP contribution in [0.1, 0.15) is 24.5 Å². The third kappa shape index (κ3) is 5.16. The number of rotatable bonds is 7. The van der Waals surface area contributed by atoms with Gasteiger partial charge in [0.1, 0.15) is 6.04 Å². The van der Waals surface area contributed by atoms with Gasteiger partial charge in [-0.15, -0.1) is 0 Å². The maximum atomic E-state index is 13.7. The summed E-state index contributed by atoms with van der Waals surface area (Å²) < 4.78 is 28.5. The maximum absolute atomic E-state index is 13.7. The topological polar surface area (TPSA) is 104 Å². The number of amides is 3. The lowest BCUT2D eigenvalue weighted by Gasteiger charge is -2.27. The SMILES string of the molecule is CC(=O)Nc1ccc(N2C(=O)CC(N(Cc3ccccc3)S(=O)(=O)c3ccc(C)cc3)C2=O)cc1. The second kappa shape index (κ2) is 9.81. The van der Waals surface area contributed by atoms with Crippen LogP contribution in [0, 0.1) is 6.92 Å². The van der Waals surface area contributed by atoms with Crippen molar-refractivity contribution >= 4 is 39.1 Å². The summed E-state index contributed by atoms with van der Waals surface area (Å²) in [4.78, 5) is 38.7. The number of anilines is 2. The van der Waals surface area contributed by atoms with Crippen LogP contribution in [0.15, 0.2) is 83.8 Å². The minimum atomic E-state index is -4.10. The zero-order valence-corrected chi connectivity index (χ0v) is 20.2. The highest BCUT2D eigenvalue weighted by Gasteiger charge is 2.47. The van der Waals surface area contributed by atoms with Gasteiger partial charge in [-0.25, -0.2) is 13.3 Å². The summed E-state index contributed by atoms with van der Waals surface area (Å²) in [6.45, 7) is 3.17. The first-order valence-corrected chi connectivity index (χ1v) is 12.5. The Balaban J connectivity index is 1.69. The smallest absolute Gasteiger partial charge is 0.252 e. The lowest BCUT2D eigenvalue weighted by Crippen LogP contribution is -2.45. The maximum Gasteiger partial charge on any atom is 0.252 e. The molecule has 1 unspecified atom stereocenters. The number of carbonyl (C=O) groups is 3. The molecule has 0 radical (unpaired) electrons. The molecule has 0 aromatic heterocycles. The van der Waals surface area contributed by atoms with Gasteiger partial charge >= 0.3 is 0 Å². The molecule has 1 aliphatic rings. The number of carbonyl (C=O) groups excluding carboxylic acids is 3. The van der Waals surface area contributed by atoms with Crippen LogP contribution in [0.2, 0.25) is 0 Å². The van der Waals surface area contributed by atoms with Gasteiger partial charge in [-0.2, -0.15) is 4.31 Å². The van der Waals surface area contributed by atoms with E-state index in [1.807, 2.05) is 13.0 Å². The Labute approximate surface area is 204 Å². The molecule has 180 valence electrons. The standard InChI is InChI=1S/C26H25N3O5S/c1-18-8-14-23(15-9-18)35(33,34)28(17-20-6-4-3-5-7-20)24-16-25(31)29(26(24)32)22-12-10-21(11-13-22)27-19(2)30/h3-15,24H,16-17H2,1-2H3,(H,27,30). The monoisotopic (exact) mass is 491 g/mol. The van der Waals surface area contributed by atoms with E-state index >= 15 is 0 Å². The van der Waals surface area contributed by atoms with Gasteiger partial charge in [0.2, 0.25) is 21.8 Å². The molecule has 0 aliphatic carbocycles. The highest BCUT2D eigenvalue weighted by Crippen LogP contribution is 2.31. The molecule has 1 fully saturated rings. The fraction of sp³-hybridized carbons (Fsp3) is 0.192. The molecule has 3 amide bonds. The number of sulfonamides is 1. The Morgan fingerprint density at radius 1 is 0.971 bits per heavy atom. The van der Waals surface area contributed by atoms with Crippen molar-refractivity contribution in [2.75, 3.05) is 10.2 Å². The molecule has 1 saturated heterocycles. The molecule has 9 heteroatoms. The zero-order valence-electron chi connectivity index (χ0n) is 19.3. The molecule has 1 atom stereocenters. The Kier molecular flexibility index (Phi) is 6.81. The summed E-state index contributed by atoms with van der Waals surface area (Å²) in [6, 6.07) is 20.4. The quantitative estimate of drug-likeness (QED) is 0.510. The summed E-state index contributed by atoms with van der Waals surface area (Å²) in [6.07, 6.45) is -0.274. The molecule has 4 rings (SSSR count). The third-order valence-corrected chi connectivity index (χ3v) is 7.59. The van der Waals surface area contributed by atoms with Crippen molar-refractivity contribution in [2.45, 2.75) is 37.8 Å². The first-order valence-electron chi connectivity index (χ1n) is 11.0. The summed E-state index contributed by atoms with van der Waals surface area (Å²) in [5, 5.41) is 2.63. The fourth-order valence-corrected chi connectivity index (χ4v) is 5.55. The summed E-state index contributed by atoms with van der Waals surface area (Å²) >= 11 is 0. The first-order chi connectivity index (χ1) is 16.7. The van der Waals surface area contributed by atoms with Gasteiger partial charge in [-0.05, 0) is 48.9 Å². The van der Waals surface area contributed by atoms with Crippen molar-refractivity contribution in [3.8, 4) is 0 Å². The molecule has 3 aromatic carbocycles. The van der Waals surface area contributed by atoms with Crippen LogP contribution in [0.25, 0.3) is 0 Å². The molecule has 8 nitrogen and oxygen atoms in total. The van der Waals surface area contributed by atoms with Crippen molar-refractivity contribution in [3.05, 3.63) is 90.0 Å². The van der Waals surface area contributed by atoms with Gasteiger partial charge in [0.05, 0.1) is 17.0 Å². The number of nitrogens with zero attached hydrogens (tertiary/aromatic N) is 2. The van der Waals surface area contributed by atoms with Crippen molar-refractivity contribution in [2.24, 2.45) is 0 Å². The van der Waals surface area contributed by atoms with E-state index in [1.54, 1.807) is 60.7 Å². The number of imide groups is 1. The lowest BCUT2D eigenvalue weighted by atomic mass is 10.2. The molecular formula is C26H25N3O5S. The van der Waals surface area contributed by atoms with Crippen molar-refractivity contribution in [1.82, 2.24) is 4.31 Å². The van der Waals surface area contributed by atoms with E-state index in [4.69, 9.17) is 0 Å². The number of aryl methyl sites for hydroxylation is 1. The van der Waals surface area contributed by atoms with Crippen LogP contribution in [-0.4, -0.2) is 36.5 Å². The van der Waals surface area contributed by atoms with Crippen LogP contribution in [0.4, 0.5) is 11.4 Å². The van der Waals surface area contributed by atoms with E-state index in [0.29, 0.717) is 16.9 Å². The predicted octanol–water partition coefficient (Wildman–Crippen LogP) is 3.48. The molecule has 1 N–H and O–H groups in total. The van der Waals surface area contributed by atoms with Crippen LogP contribution in [0.3, 0.4) is 0 Å². The molecule has 3 aromatic rings. The zero-order chi connectivity index (χ0) is 25.2. The molecule has 1 heterocycles. The number of nitrogens with one attached hydrogen (secondary N) is 1. The molecular weight excluding hydrogens is 466 g/mol. The van der Waals surface area contributed by atoms with E-state index in [9.17, 15) is 22.8 Å². The molecule has 0 saturated carbocycles. The Morgan fingerprint density at radius 3 is 2.20 bits per heavy atom. The highest BCUT2D eigenvalue weighted by molar-refractivity contribution is 7.89. The third-order valence-electron chi connectivity index (χ3n) is 5.73. The highest BCUT2D eigenvalue weighted by atomic mass is 32.2. The van der Waals surface area contributed by atoms with E-state index in [2.05, 4.69) is 5.32 Å². The van der Waals surface area contributed by atoms with Gasteiger partial charge in [0.15, 0.2) is 0 Å². The average Bonchev–Trinajstić information content (AvgIpc) is 3.12. The van der Waals surface area contributed by atoms with Gasteiger partial charge in [0, 0.05) is 19.2 Å². The van der Waals surface area contributed by atoms with Gasteiger partial charge in [-0.1, -0.05) is 48.0 Å². The summed E-state index contributed by atoms with van der Waals surface area (Å²) in [5.41, 5.74) is 2.43. The minimum absolute atomic E-state index is 0.0531. The largest absolute Gasteiger partial charge is 0.326 e.